The summed E-state index contributed by atoms with van der Waals surface area (Å²) in [6, 6.07) is 7.46. The monoisotopic (exact) mass is 375 g/mol. The van der Waals surface area contributed by atoms with E-state index in [4.69, 9.17) is 12.2 Å². The van der Waals surface area contributed by atoms with Crippen LogP contribution >= 0.6 is 12.2 Å². The molecule has 1 aliphatic carbocycles. The highest BCUT2D eigenvalue weighted by Gasteiger charge is 2.16. The largest absolute Gasteiger partial charge is 0.349 e. The van der Waals surface area contributed by atoms with Crippen LogP contribution < -0.4 is 16.0 Å². The van der Waals surface area contributed by atoms with Crippen LogP contribution in [0.2, 0.25) is 0 Å². The van der Waals surface area contributed by atoms with Crippen molar-refractivity contribution in [1.82, 2.24) is 10.6 Å². The first-order chi connectivity index (χ1) is 12.6. The highest BCUT2D eigenvalue weighted by molar-refractivity contribution is 7.80. The Kier molecular flexibility index (Phi) is 8.54. The number of thiocarbonyl (C=S) groups is 1. The van der Waals surface area contributed by atoms with E-state index in [1.54, 1.807) is 12.1 Å². The fourth-order valence-electron chi connectivity index (χ4n) is 3.14. The highest BCUT2D eigenvalue weighted by Crippen LogP contribution is 2.18. The molecule has 2 amide bonds. The van der Waals surface area contributed by atoms with Gasteiger partial charge in [-0.15, -0.1) is 0 Å². The fourth-order valence-corrected chi connectivity index (χ4v) is 3.37. The van der Waals surface area contributed by atoms with E-state index in [0.717, 1.165) is 32.1 Å². The second-order valence-corrected chi connectivity index (χ2v) is 7.26. The predicted octanol–water partition coefficient (Wildman–Crippen LogP) is 4.14. The van der Waals surface area contributed by atoms with E-state index in [2.05, 4.69) is 22.9 Å². The number of hydrogen-bond acceptors (Lipinski definition) is 3. The summed E-state index contributed by atoms with van der Waals surface area (Å²) in [5.41, 5.74) is 1.29. The Balaban J connectivity index is 1.84. The molecule has 0 aliphatic heterocycles. The Bertz CT molecular complexity index is 627. The molecule has 1 fully saturated rings. The van der Waals surface area contributed by atoms with Crippen molar-refractivity contribution < 1.29 is 9.59 Å². The van der Waals surface area contributed by atoms with Crippen LogP contribution in [0.3, 0.4) is 0 Å². The number of amides is 2. The van der Waals surface area contributed by atoms with Crippen LogP contribution in [-0.2, 0) is 4.79 Å². The second-order valence-electron chi connectivity index (χ2n) is 6.85. The molecule has 0 bridgehead atoms. The summed E-state index contributed by atoms with van der Waals surface area (Å²) in [7, 11) is 0. The molecule has 142 valence electrons. The average molecular weight is 376 g/mol. The zero-order valence-electron chi connectivity index (χ0n) is 15.5. The normalized spacial score (nSPS) is 14.5. The Morgan fingerprint density at radius 3 is 2.65 bits per heavy atom. The summed E-state index contributed by atoms with van der Waals surface area (Å²) in [5.74, 6) is -0.141. The molecule has 6 heteroatoms. The molecule has 0 heterocycles. The topological polar surface area (TPSA) is 70.2 Å². The lowest BCUT2D eigenvalue weighted by atomic mass is 9.95. The quantitative estimate of drug-likeness (QED) is 0.495. The molecule has 0 atom stereocenters. The molecular weight excluding hydrogens is 346 g/mol. The van der Waals surface area contributed by atoms with Crippen molar-refractivity contribution in [3.05, 3.63) is 29.8 Å². The fraction of sp³-hybridized carbons (Fsp3) is 0.550. The van der Waals surface area contributed by atoms with E-state index in [-0.39, 0.29) is 23.0 Å². The summed E-state index contributed by atoms with van der Waals surface area (Å²) < 4.78 is 0. The molecule has 2 rings (SSSR count). The van der Waals surface area contributed by atoms with Crippen LogP contribution in [0.15, 0.2) is 24.3 Å². The summed E-state index contributed by atoms with van der Waals surface area (Å²) in [4.78, 5) is 24.2. The lowest BCUT2D eigenvalue weighted by Crippen LogP contribution is -2.36. The van der Waals surface area contributed by atoms with Gasteiger partial charge < -0.3 is 16.0 Å². The van der Waals surface area contributed by atoms with Crippen molar-refractivity contribution in [2.45, 2.75) is 70.8 Å². The van der Waals surface area contributed by atoms with Gasteiger partial charge in [-0.2, -0.15) is 0 Å². The first-order valence-corrected chi connectivity index (χ1v) is 10.0. The molecule has 0 unspecified atom stereocenters. The number of carbonyl (C=O) groups is 2. The molecule has 1 aliphatic rings. The third-order valence-electron chi connectivity index (χ3n) is 4.58. The molecule has 0 aromatic heterocycles. The van der Waals surface area contributed by atoms with E-state index < -0.39 is 0 Å². The summed E-state index contributed by atoms with van der Waals surface area (Å²) >= 11 is 5.19. The number of hydrogen-bond donors (Lipinski definition) is 3. The van der Waals surface area contributed by atoms with Gasteiger partial charge >= 0.3 is 0 Å². The number of benzene rings is 1. The molecule has 1 saturated carbocycles. The number of anilines is 1. The van der Waals surface area contributed by atoms with Crippen molar-refractivity contribution in [1.29, 1.82) is 0 Å². The van der Waals surface area contributed by atoms with Gasteiger partial charge in [-0.25, -0.2) is 0 Å². The van der Waals surface area contributed by atoms with Crippen LogP contribution in [-0.4, -0.2) is 23.0 Å². The maximum absolute atomic E-state index is 12.4. The number of rotatable bonds is 7. The lowest BCUT2D eigenvalue weighted by molar-refractivity contribution is -0.119. The molecule has 0 radical (unpaired) electrons. The third-order valence-corrected chi connectivity index (χ3v) is 4.79. The molecule has 26 heavy (non-hydrogen) atoms. The van der Waals surface area contributed by atoms with Gasteiger partial charge in [0.1, 0.15) is 0 Å². The summed E-state index contributed by atoms with van der Waals surface area (Å²) in [6.45, 7) is 2.10. The molecule has 1 aromatic rings. The molecule has 3 N–H and O–H groups in total. The van der Waals surface area contributed by atoms with Gasteiger partial charge in [0.25, 0.3) is 5.91 Å². The first-order valence-electron chi connectivity index (χ1n) is 9.60. The van der Waals surface area contributed by atoms with Gasteiger partial charge in [0.05, 0.1) is 0 Å². The van der Waals surface area contributed by atoms with Crippen LogP contribution in [0.5, 0.6) is 0 Å². The Morgan fingerprint density at radius 2 is 1.92 bits per heavy atom. The highest BCUT2D eigenvalue weighted by atomic mass is 32.1. The zero-order chi connectivity index (χ0) is 18.8. The molecule has 1 aromatic carbocycles. The average Bonchev–Trinajstić information content (AvgIpc) is 2.63. The maximum Gasteiger partial charge on any atom is 0.251 e. The van der Waals surface area contributed by atoms with Crippen LogP contribution in [0.1, 0.15) is 75.1 Å². The van der Waals surface area contributed by atoms with Gasteiger partial charge in [-0.1, -0.05) is 45.1 Å². The van der Waals surface area contributed by atoms with Gasteiger partial charge in [0, 0.05) is 23.7 Å². The Labute approximate surface area is 161 Å². The van der Waals surface area contributed by atoms with Crippen molar-refractivity contribution in [2.24, 2.45) is 0 Å². The molecule has 0 saturated heterocycles. The van der Waals surface area contributed by atoms with E-state index in [9.17, 15) is 9.59 Å². The van der Waals surface area contributed by atoms with Crippen LogP contribution in [0, 0.1) is 0 Å². The van der Waals surface area contributed by atoms with Crippen LogP contribution in [0.25, 0.3) is 0 Å². The Morgan fingerprint density at radius 1 is 1.15 bits per heavy atom. The van der Waals surface area contributed by atoms with Crippen molar-refractivity contribution in [3.8, 4) is 0 Å². The summed E-state index contributed by atoms with van der Waals surface area (Å²) in [6.07, 6.45) is 9.17. The van der Waals surface area contributed by atoms with E-state index in [1.165, 1.54) is 19.3 Å². The lowest BCUT2D eigenvalue weighted by Gasteiger charge is -2.22. The van der Waals surface area contributed by atoms with Gasteiger partial charge in [-0.3, -0.25) is 9.59 Å². The minimum absolute atomic E-state index is 0.0601. The SMILES string of the molecule is CCCCCC(=O)NC(=S)Nc1cccc(C(=O)NC2CCCCC2)c1. The second kappa shape index (κ2) is 10.9. The first kappa shape index (κ1) is 20.4. The van der Waals surface area contributed by atoms with E-state index in [0.29, 0.717) is 17.7 Å². The van der Waals surface area contributed by atoms with E-state index >= 15 is 0 Å². The minimum atomic E-state index is -0.0813. The standard InChI is InChI=1S/C20H29N3O2S/c1-2-3-5-13-18(24)23-20(26)22-17-12-8-9-15(14-17)19(25)21-16-10-6-4-7-11-16/h8-9,12,14,16H,2-7,10-11,13H2,1H3,(H,21,25)(H2,22,23,24,26). The number of carbonyl (C=O) groups excluding carboxylic acids is 2. The predicted molar refractivity (Wildman–Crippen MR) is 109 cm³/mol. The third kappa shape index (κ3) is 7.12. The number of nitrogens with one attached hydrogen (secondary N) is 3. The molecular formula is C20H29N3O2S. The zero-order valence-corrected chi connectivity index (χ0v) is 16.3. The van der Waals surface area contributed by atoms with E-state index in [1.807, 2.05) is 12.1 Å². The van der Waals surface area contributed by atoms with Crippen LogP contribution in [0.4, 0.5) is 5.69 Å². The number of unbranched alkanes of at least 4 members (excludes halogenated alkanes) is 2. The molecule has 0 spiro atoms. The van der Waals surface area contributed by atoms with Gasteiger partial charge in [0.15, 0.2) is 5.11 Å². The van der Waals surface area contributed by atoms with Gasteiger partial charge in [0.2, 0.25) is 5.91 Å². The van der Waals surface area contributed by atoms with Crippen molar-refractivity contribution in [3.63, 3.8) is 0 Å². The van der Waals surface area contributed by atoms with Gasteiger partial charge in [-0.05, 0) is 49.7 Å². The maximum atomic E-state index is 12.4. The smallest absolute Gasteiger partial charge is 0.251 e. The van der Waals surface area contributed by atoms with Crippen molar-refractivity contribution in [2.75, 3.05) is 5.32 Å². The molecule has 5 nitrogen and oxygen atoms in total. The Hall–Kier alpha value is -1.95. The minimum Gasteiger partial charge on any atom is -0.349 e. The van der Waals surface area contributed by atoms with Crippen molar-refractivity contribution >= 4 is 34.8 Å². The summed E-state index contributed by atoms with van der Waals surface area (Å²) in [5, 5.41) is 9.03.